The van der Waals surface area contributed by atoms with Gasteiger partial charge in [0.25, 0.3) is 0 Å². The molecule has 0 N–H and O–H groups in total. The highest BCUT2D eigenvalue weighted by molar-refractivity contribution is 8.00. The summed E-state index contributed by atoms with van der Waals surface area (Å²) in [6, 6.07) is 9.65. The molecule has 0 bridgehead atoms. The minimum atomic E-state index is -0.872. The first-order chi connectivity index (χ1) is 13.6. The standard InChI is InChI=1S/C23H36O4S2/c1-22(2,10-13-24)11-14-28-15-17-29(26)16-12-23(3,4)18-21(25)27-19-20-8-6-5-7-9-20/h5-9,13H,10-12,14-19H2,1-4H3. The van der Waals surface area contributed by atoms with Gasteiger partial charge in [-0.25, -0.2) is 0 Å². The molecule has 0 fully saturated rings. The monoisotopic (exact) mass is 440 g/mol. The average molecular weight is 441 g/mol. The lowest BCUT2D eigenvalue weighted by Crippen LogP contribution is -2.22. The van der Waals surface area contributed by atoms with E-state index in [0.717, 1.165) is 36.2 Å². The van der Waals surface area contributed by atoms with E-state index in [1.54, 1.807) is 11.8 Å². The Kier molecular flexibility index (Phi) is 11.8. The number of ether oxygens (including phenoxy) is 1. The van der Waals surface area contributed by atoms with Gasteiger partial charge in [0, 0.05) is 34.5 Å². The Bertz CT molecular complexity index is 642. The Balaban J connectivity index is 2.19. The fourth-order valence-electron chi connectivity index (χ4n) is 2.69. The van der Waals surface area contributed by atoms with Crippen LogP contribution in [0.15, 0.2) is 30.3 Å². The third kappa shape index (κ3) is 12.9. The molecule has 0 aromatic heterocycles. The van der Waals surface area contributed by atoms with Crippen molar-refractivity contribution in [3.8, 4) is 0 Å². The first kappa shape index (κ1) is 25.9. The molecular weight excluding hydrogens is 404 g/mol. The number of aldehydes is 1. The van der Waals surface area contributed by atoms with Crippen LogP contribution in [0.5, 0.6) is 0 Å². The summed E-state index contributed by atoms with van der Waals surface area (Å²) >= 11 is 1.80. The van der Waals surface area contributed by atoms with Crippen LogP contribution in [0.3, 0.4) is 0 Å². The predicted octanol–water partition coefficient (Wildman–Crippen LogP) is 5.02. The van der Waals surface area contributed by atoms with Crippen LogP contribution < -0.4 is 0 Å². The maximum atomic E-state index is 12.3. The van der Waals surface area contributed by atoms with Crippen molar-refractivity contribution in [2.24, 2.45) is 10.8 Å². The van der Waals surface area contributed by atoms with Gasteiger partial charge in [0.2, 0.25) is 0 Å². The highest BCUT2D eigenvalue weighted by atomic mass is 32.2. The Morgan fingerprint density at radius 2 is 1.72 bits per heavy atom. The van der Waals surface area contributed by atoms with Gasteiger partial charge < -0.3 is 9.53 Å². The lowest BCUT2D eigenvalue weighted by Gasteiger charge is -2.23. The fraction of sp³-hybridized carbons (Fsp3) is 0.652. The highest BCUT2D eigenvalue weighted by Crippen LogP contribution is 2.27. The predicted molar refractivity (Wildman–Crippen MR) is 124 cm³/mol. The topological polar surface area (TPSA) is 60.4 Å². The summed E-state index contributed by atoms with van der Waals surface area (Å²) in [6.07, 6.45) is 3.62. The molecule has 0 spiro atoms. The second kappa shape index (κ2) is 13.2. The minimum Gasteiger partial charge on any atom is -0.461 e. The van der Waals surface area contributed by atoms with E-state index in [9.17, 15) is 13.8 Å². The Labute approximate surface area is 183 Å². The zero-order valence-electron chi connectivity index (χ0n) is 18.3. The molecule has 0 aliphatic heterocycles. The quantitative estimate of drug-likeness (QED) is 0.218. The molecule has 164 valence electrons. The summed E-state index contributed by atoms with van der Waals surface area (Å²) in [4.78, 5) is 22.8. The van der Waals surface area contributed by atoms with Gasteiger partial charge in [-0.15, -0.1) is 0 Å². The maximum absolute atomic E-state index is 12.3. The molecule has 0 aliphatic rings. The number of carbonyl (C=O) groups is 2. The van der Waals surface area contributed by atoms with E-state index in [4.69, 9.17) is 4.74 Å². The second-order valence-electron chi connectivity index (χ2n) is 8.98. The Morgan fingerprint density at radius 3 is 2.38 bits per heavy atom. The van der Waals surface area contributed by atoms with Crippen LogP contribution in [-0.2, 0) is 31.7 Å². The molecule has 1 unspecified atom stereocenters. The van der Waals surface area contributed by atoms with E-state index in [2.05, 4.69) is 13.8 Å². The van der Waals surface area contributed by atoms with Crippen molar-refractivity contribution in [2.75, 3.05) is 23.0 Å². The molecule has 0 radical (unpaired) electrons. The van der Waals surface area contributed by atoms with E-state index in [1.165, 1.54) is 0 Å². The molecule has 29 heavy (non-hydrogen) atoms. The van der Waals surface area contributed by atoms with Crippen LogP contribution in [0, 0.1) is 10.8 Å². The number of hydrogen-bond acceptors (Lipinski definition) is 5. The van der Waals surface area contributed by atoms with Gasteiger partial charge in [0.15, 0.2) is 0 Å². The highest BCUT2D eigenvalue weighted by Gasteiger charge is 2.24. The summed E-state index contributed by atoms with van der Waals surface area (Å²) in [5.74, 6) is 2.92. The third-order valence-corrected chi connectivity index (χ3v) is 7.45. The van der Waals surface area contributed by atoms with E-state index in [0.29, 0.717) is 31.0 Å². The maximum Gasteiger partial charge on any atom is 0.306 e. The zero-order chi connectivity index (χ0) is 21.8. The molecule has 0 amide bonds. The van der Waals surface area contributed by atoms with Gasteiger partial charge in [-0.2, -0.15) is 11.8 Å². The van der Waals surface area contributed by atoms with E-state index >= 15 is 0 Å². The van der Waals surface area contributed by atoms with Crippen molar-refractivity contribution in [3.63, 3.8) is 0 Å². The molecule has 1 atom stereocenters. The molecular formula is C23H36O4S2. The minimum absolute atomic E-state index is 0.0487. The molecule has 0 heterocycles. The molecule has 1 aromatic carbocycles. The van der Waals surface area contributed by atoms with Crippen LogP contribution in [-0.4, -0.2) is 39.5 Å². The van der Waals surface area contributed by atoms with Gasteiger partial charge in [-0.3, -0.25) is 9.00 Å². The normalized spacial score (nSPS) is 13.1. The van der Waals surface area contributed by atoms with Gasteiger partial charge in [0.1, 0.15) is 12.9 Å². The number of esters is 1. The van der Waals surface area contributed by atoms with Crippen LogP contribution in [0.2, 0.25) is 0 Å². The largest absolute Gasteiger partial charge is 0.461 e. The molecule has 0 aliphatic carbocycles. The fourth-order valence-corrected chi connectivity index (χ4v) is 5.79. The smallest absolute Gasteiger partial charge is 0.306 e. The van der Waals surface area contributed by atoms with Gasteiger partial charge >= 0.3 is 5.97 Å². The Morgan fingerprint density at radius 1 is 1.03 bits per heavy atom. The second-order valence-corrected chi connectivity index (χ2v) is 11.9. The zero-order valence-corrected chi connectivity index (χ0v) is 19.9. The van der Waals surface area contributed by atoms with E-state index < -0.39 is 10.8 Å². The molecule has 0 saturated carbocycles. The van der Waals surface area contributed by atoms with Crippen LogP contribution >= 0.6 is 11.8 Å². The number of carbonyl (C=O) groups excluding carboxylic acids is 2. The molecule has 1 rings (SSSR count). The third-order valence-electron chi connectivity index (χ3n) is 4.89. The number of thioether (sulfide) groups is 1. The van der Waals surface area contributed by atoms with Crippen molar-refractivity contribution >= 4 is 34.8 Å². The Hall–Kier alpha value is -1.14. The lowest BCUT2D eigenvalue weighted by molar-refractivity contribution is -0.147. The summed E-state index contributed by atoms with van der Waals surface area (Å²) < 4.78 is 17.7. The first-order valence-corrected chi connectivity index (χ1v) is 12.8. The summed E-state index contributed by atoms with van der Waals surface area (Å²) in [5, 5.41) is 0. The summed E-state index contributed by atoms with van der Waals surface area (Å²) in [6.45, 7) is 8.55. The van der Waals surface area contributed by atoms with E-state index in [-0.39, 0.29) is 16.8 Å². The van der Waals surface area contributed by atoms with Crippen LogP contribution in [0.25, 0.3) is 0 Å². The van der Waals surface area contributed by atoms with Crippen molar-refractivity contribution in [3.05, 3.63) is 35.9 Å². The van der Waals surface area contributed by atoms with Gasteiger partial charge in [0.05, 0.1) is 6.42 Å². The van der Waals surface area contributed by atoms with Gasteiger partial charge in [-0.05, 0) is 35.0 Å². The SMILES string of the molecule is CC(C)(CC=O)CCSCCS(=O)CCC(C)(C)CC(=O)OCc1ccccc1. The summed E-state index contributed by atoms with van der Waals surface area (Å²) in [7, 11) is -0.872. The van der Waals surface area contributed by atoms with Crippen LogP contribution in [0.1, 0.15) is 58.9 Å². The van der Waals surface area contributed by atoms with Gasteiger partial charge in [-0.1, -0.05) is 58.0 Å². The van der Waals surface area contributed by atoms with Crippen molar-refractivity contribution in [2.45, 2.75) is 60.0 Å². The van der Waals surface area contributed by atoms with Crippen molar-refractivity contribution in [1.29, 1.82) is 0 Å². The number of hydrogen-bond donors (Lipinski definition) is 0. The molecule has 6 heteroatoms. The molecule has 4 nitrogen and oxygen atoms in total. The van der Waals surface area contributed by atoms with E-state index in [1.807, 2.05) is 44.2 Å². The number of rotatable bonds is 15. The van der Waals surface area contributed by atoms with Crippen LogP contribution in [0.4, 0.5) is 0 Å². The lowest BCUT2D eigenvalue weighted by atomic mass is 9.86. The average Bonchev–Trinajstić information content (AvgIpc) is 2.65. The van der Waals surface area contributed by atoms with Crippen molar-refractivity contribution in [1.82, 2.24) is 0 Å². The molecule has 1 aromatic rings. The number of benzene rings is 1. The molecule has 0 saturated heterocycles. The van der Waals surface area contributed by atoms with Crippen molar-refractivity contribution < 1.29 is 18.5 Å². The first-order valence-electron chi connectivity index (χ1n) is 10.2. The summed E-state index contributed by atoms with van der Waals surface area (Å²) in [5.41, 5.74) is 0.800.